The van der Waals surface area contributed by atoms with Crippen LogP contribution >= 0.6 is 11.6 Å². The number of pyridine rings is 1. The molecule has 0 unspecified atom stereocenters. The molecular weight excluding hydrogens is 338 g/mol. The Balaban J connectivity index is 2.11. The minimum Gasteiger partial charge on any atom is -0.494 e. The predicted octanol–water partition coefficient (Wildman–Crippen LogP) is 4.52. The zero-order chi connectivity index (χ0) is 18.2. The van der Waals surface area contributed by atoms with Gasteiger partial charge in [0.2, 0.25) is 5.88 Å². The molecule has 1 atom stereocenters. The van der Waals surface area contributed by atoms with E-state index in [2.05, 4.69) is 30.2 Å². The number of hydrogen-bond donors (Lipinski definition) is 2. The van der Waals surface area contributed by atoms with Gasteiger partial charge in [-0.15, -0.1) is 0 Å². The summed E-state index contributed by atoms with van der Waals surface area (Å²) >= 11 is 6.22. The monoisotopic (exact) mass is 361 g/mol. The van der Waals surface area contributed by atoms with Crippen molar-refractivity contribution in [1.29, 1.82) is 0 Å². The summed E-state index contributed by atoms with van der Waals surface area (Å²) in [5.74, 6) is 1.49. The molecule has 6 heteroatoms. The van der Waals surface area contributed by atoms with Crippen LogP contribution in [0, 0.1) is 0 Å². The van der Waals surface area contributed by atoms with Crippen LogP contribution in [-0.2, 0) is 0 Å². The molecule has 134 valence electrons. The minimum atomic E-state index is 0.282. The highest BCUT2D eigenvalue weighted by molar-refractivity contribution is 6.32. The first-order valence-corrected chi connectivity index (χ1v) is 8.68. The summed E-state index contributed by atoms with van der Waals surface area (Å²) in [4.78, 5) is 4.29. The Morgan fingerprint density at radius 3 is 2.76 bits per heavy atom. The number of halogens is 1. The third kappa shape index (κ3) is 5.66. The average molecular weight is 362 g/mol. The van der Waals surface area contributed by atoms with Gasteiger partial charge in [0.25, 0.3) is 0 Å². The van der Waals surface area contributed by atoms with E-state index in [4.69, 9.17) is 26.8 Å². The molecule has 1 heterocycles. The largest absolute Gasteiger partial charge is 0.494 e. The topological polar surface area (TPSA) is 69.4 Å². The van der Waals surface area contributed by atoms with Crippen molar-refractivity contribution in [2.24, 2.45) is 0 Å². The second-order valence-electron chi connectivity index (χ2n) is 5.50. The Labute approximate surface area is 153 Å². The first kappa shape index (κ1) is 19.1. The second kappa shape index (κ2) is 9.30. The minimum absolute atomic E-state index is 0.282. The van der Waals surface area contributed by atoms with Crippen LogP contribution < -0.4 is 20.5 Å². The lowest BCUT2D eigenvalue weighted by atomic mass is 10.2. The number of nitrogen functional groups attached to an aromatic ring is 1. The predicted molar refractivity (Wildman–Crippen MR) is 104 cm³/mol. The van der Waals surface area contributed by atoms with Gasteiger partial charge in [-0.1, -0.05) is 30.7 Å². The maximum Gasteiger partial charge on any atom is 0.242 e. The standard InChI is InChI=1S/C19H24ClN3O2/c1-4-22-13(3)6-7-14-10-17(21)19(23-12-14)25-18-9-8-15(24-5-2)11-16(18)20/h6-13,22H,4-5,21H2,1-3H3/b7-6+/t13-/m0/s1. The van der Waals surface area contributed by atoms with Crippen molar-refractivity contribution in [2.75, 3.05) is 18.9 Å². The van der Waals surface area contributed by atoms with Crippen LogP contribution in [0.25, 0.3) is 6.08 Å². The van der Waals surface area contributed by atoms with Crippen LogP contribution in [0.3, 0.4) is 0 Å². The SMILES string of the molecule is CCN[C@@H](C)/C=C/c1cnc(Oc2ccc(OCC)cc2Cl)c(N)c1. The van der Waals surface area contributed by atoms with Crippen LogP contribution in [0.15, 0.2) is 36.5 Å². The highest BCUT2D eigenvalue weighted by atomic mass is 35.5. The lowest BCUT2D eigenvalue weighted by Gasteiger charge is -2.11. The Bertz CT molecular complexity index is 735. The Morgan fingerprint density at radius 2 is 2.12 bits per heavy atom. The van der Waals surface area contributed by atoms with Gasteiger partial charge in [-0.3, -0.25) is 0 Å². The molecular formula is C19H24ClN3O2. The number of ether oxygens (including phenoxy) is 2. The van der Waals surface area contributed by atoms with E-state index in [0.717, 1.165) is 12.1 Å². The van der Waals surface area contributed by atoms with Gasteiger partial charge in [-0.25, -0.2) is 4.98 Å². The molecule has 0 saturated carbocycles. The van der Waals surface area contributed by atoms with Crippen LogP contribution in [-0.4, -0.2) is 24.2 Å². The summed E-state index contributed by atoms with van der Waals surface area (Å²) in [7, 11) is 0. The quantitative estimate of drug-likeness (QED) is 0.723. The fraction of sp³-hybridized carbons (Fsp3) is 0.316. The first-order valence-electron chi connectivity index (χ1n) is 8.30. The highest BCUT2D eigenvalue weighted by Gasteiger charge is 2.09. The van der Waals surface area contributed by atoms with Crippen LogP contribution in [0.2, 0.25) is 5.02 Å². The Kier molecular flexibility index (Phi) is 7.10. The number of nitrogens with zero attached hydrogens (tertiary/aromatic N) is 1. The van der Waals surface area contributed by atoms with E-state index in [1.54, 1.807) is 24.4 Å². The van der Waals surface area contributed by atoms with E-state index in [9.17, 15) is 0 Å². The molecule has 2 rings (SSSR count). The summed E-state index contributed by atoms with van der Waals surface area (Å²) in [6.45, 7) is 7.57. The molecule has 0 bridgehead atoms. The third-order valence-corrected chi connectivity index (χ3v) is 3.72. The third-order valence-electron chi connectivity index (χ3n) is 3.42. The number of anilines is 1. The number of benzene rings is 1. The van der Waals surface area contributed by atoms with E-state index in [1.165, 1.54) is 0 Å². The van der Waals surface area contributed by atoms with Crippen molar-refractivity contribution in [1.82, 2.24) is 10.3 Å². The molecule has 5 nitrogen and oxygen atoms in total. The lowest BCUT2D eigenvalue weighted by molar-refractivity contribution is 0.339. The highest BCUT2D eigenvalue weighted by Crippen LogP contribution is 2.34. The van der Waals surface area contributed by atoms with Gasteiger partial charge >= 0.3 is 0 Å². The molecule has 0 spiro atoms. The zero-order valence-corrected chi connectivity index (χ0v) is 15.5. The van der Waals surface area contributed by atoms with Gasteiger partial charge in [0.05, 0.1) is 17.3 Å². The van der Waals surface area contributed by atoms with Gasteiger partial charge in [0, 0.05) is 18.3 Å². The number of aromatic nitrogens is 1. The maximum atomic E-state index is 6.22. The van der Waals surface area contributed by atoms with Gasteiger partial charge in [0.1, 0.15) is 11.5 Å². The zero-order valence-electron chi connectivity index (χ0n) is 14.8. The Hall–Kier alpha value is -2.24. The van der Waals surface area contributed by atoms with Crippen molar-refractivity contribution in [2.45, 2.75) is 26.8 Å². The van der Waals surface area contributed by atoms with E-state index < -0.39 is 0 Å². The summed E-state index contributed by atoms with van der Waals surface area (Å²) < 4.78 is 11.1. The molecule has 0 fully saturated rings. The molecule has 3 N–H and O–H groups in total. The van der Waals surface area contributed by atoms with Gasteiger partial charge in [-0.05, 0) is 44.2 Å². The van der Waals surface area contributed by atoms with E-state index >= 15 is 0 Å². The normalized spacial score (nSPS) is 12.3. The van der Waals surface area contributed by atoms with E-state index in [-0.39, 0.29) is 6.04 Å². The summed E-state index contributed by atoms with van der Waals surface area (Å²) in [6, 6.07) is 7.33. The molecule has 1 aromatic heterocycles. The van der Waals surface area contributed by atoms with Crippen molar-refractivity contribution in [3.05, 3.63) is 47.1 Å². The Morgan fingerprint density at radius 1 is 1.32 bits per heavy atom. The fourth-order valence-corrected chi connectivity index (χ4v) is 2.44. The maximum absolute atomic E-state index is 6.22. The number of nitrogens with two attached hydrogens (primary N) is 1. The smallest absolute Gasteiger partial charge is 0.242 e. The number of hydrogen-bond acceptors (Lipinski definition) is 5. The number of nitrogens with one attached hydrogen (secondary N) is 1. The van der Waals surface area contributed by atoms with Crippen molar-refractivity contribution in [3.63, 3.8) is 0 Å². The number of rotatable bonds is 8. The van der Waals surface area contributed by atoms with Crippen molar-refractivity contribution >= 4 is 23.4 Å². The van der Waals surface area contributed by atoms with E-state index in [1.807, 2.05) is 19.1 Å². The van der Waals surface area contributed by atoms with E-state index in [0.29, 0.717) is 34.7 Å². The van der Waals surface area contributed by atoms with Crippen molar-refractivity contribution in [3.8, 4) is 17.4 Å². The molecule has 0 amide bonds. The molecule has 0 aliphatic heterocycles. The molecule has 1 aromatic carbocycles. The van der Waals surface area contributed by atoms with Crippen LogP contribution in [0.5, 0.6) is 17.4 Å². The fourth-order valence-electron chi connectivity index (χ4n) is 2.23. The lowest BCUT2D eigenvalue weighted by Crippen LogP contribution is -2.22. The molecule has 0 aliphatic carbocycles. The molecule has 2 aromatic rings. The molecule has 0 radical (unpaired) electrons. The summed E-state index contributed by atoms with van der Waals surface area (Å²) in [5, 5.41) is 3.75. The average Bonchev–Trinajstić information content (AvgIpc) is 2.58. The van der Waals surface area contributed by atoms with Crippen LogP contribution in [0.1, 0.15) is 26.3 Å². The van der Waals surface area contributed by atoms with Gasteiger partial charge in [0.15, 0.2) is 0 Å². The summed E-state index contributed by atoms with van der Waals surface area (Å²) in [5.41, 5.74) is 7.41. The first-order chi connectivity index (χ1) is 12.0. The van der Waals surface area contributed by atoms with Crippen molar-refractivity contribution < 1.29 is 9.47 Å². The van der Waals surface area contributed by atoms with Crippen LogP contribution in [0.4, 0.5) is 5.69 Å². The second-order valence-corrected chi connectivity index (χ2v) is 5.90. The number of likely N-dealkylation sites (N-methyl/N-ethyl adjacent to an activating group) is 1. The molecule has 25 heavy (non-hydrogen) atoms. The van der Waals surface area contributed by atoms with Gasteiger partial charge < -0.3 is 20.5 Å². The van der Waals surface area contributed by atoms with Gasteiger partial charge in [-0.2, -0.15) is 0 Å². The summed E-state index contributed by atoms with van der Waals surface area (Å²) in [6.07, 6.45) is 5.75. The molecule has 0 saturated heterocycles. The molecule has 0 aliphatic rings.